The highest BCUT2D eigenvalue weighted by Gasteiger charge is 2.29. The summed E-state index contributed by atoms with van der Waals surface area (Å²) in [5.41, 5.74) is 0.345. The molecule has 0 saturated carbocycles. The molecule has 188 valence electrons. The van der Waals surface area contributed by atoms with Gasteiger partial charge in [0.25, 0.3) is 5.91 Å². The molecule has 2 heterocycles. The molecule has 0 unspecified atom stereocenters. The molecule has 1 aromatic heterocycles. The molecule has 1 aromatic carbocycles. The minimum Gasteiger partial charge on any atom is -0.444 e. The highest BCUT2D eigenvalue weighted by molar-refractivity contribution is 6.33. The zero-order chi connectivity index (χ0) is 25.8. The number of imidazole rings is 1. The van der Waals surface area contributed by atoms with Crippen molar-refractivity contribution in [2.24, 2.45) is 0 Å². The van der Waals surface area contributed by atoms with E-state index < -0.39 is 11.7 Å². The van der Waals surface area contributed by atoms with Gasteiger partial charge in [-0.3, -0.25) is 9.59 Å². The van der Waals surface area contributed by atoms with Crippen molar-refractivity contribution in [2.75, 3.05) is 25.0 Å². The number of halogens is 1. The van der Waals surface area contributed by atoms with Gasteiger partial charge in [0.05, 0.1) is 29.5 Å². The van der Waals surface area contributed by atoms with E-state index in [0.717, 1.165) is 0 Å². The summed E-state index contributed by atoms with van der Waals surface area (Å²) >= 11 is 6.16. The fourth-order valence-electron chi connectivity index (χ4n) is 3.77. The molecule has 1 aliphatic heterocycles. The Morgan fingerprint density at radius 3 is 2.66 bits per heavy atom. The maximum Gasteiger partial charge on any atom is 0.410 e. The van der Waals surface area contributed by atoms with E-state index in [0.29, 0.717) is 35.3 Å². The lowest BCUT2D eigenvalue weighted by molar-refractivity contribution is -0.128. The van der Waals surface area contributed by atoms with Gasteiger partial charge in [-0.05, 0) is 46.8 Å². The van der Waals surface area contributed by atoms with E-state index in [1.54, 1.807) is 35.2 Å². The van der Waals surface area contributed by atoms with Crippen molar-refractivity contribution in [1.82, 2.24) is 19.4 Å². The van der Waals surface area contributed by atoms with Gasteiger partial charge < -0.3 is 24.4 Å². The Hall–Kier alpha value is -3.33. The van der Waals surface area contributed by atoms with Crippen LogP contribution in [0.3, 0.4) is 0 Å². The number of rotatable bonds is 6. The van der Waals surface area contributed by atoms with E-state index in [-0.39, 0.29) is 30.9 Å². The summed E-state index contributed by atoms with van der Waals surface area (Å²) in [6, 6.07) is 6.86. The molecule has 0 aliphatic carbocycles. The van der Waals surface area contributed by atoms with Crippen LogP contribution in [0.1, 0.15) is 57.0 Å². The van der Waals surface area contributed by atoms with Gasteiger partial charge in [0.15, 0.2) is 0 Å². The van der Waals surface area contributed by atoms with Crippen molar-refractivity contribution in [3.05, 3.63) is 59.2 Å². The summed E-state index contributed by atoms with van der Waals surface area (Å²) < 4.78 is 7.24. The van der Waals surface area contributed by atoms with Crippen LogP contribution in [-0.4, -0.2) is 62.5 Å². The number of hydrogen-bond acceptors (Lipinski definition) is 5. The van der Waals surface area contributed by atoms with Gasteiger partial charge in [-0.2, -0.15) is 0 Å². The first-order chi connectivity index (χ1) is 16.5. The number of aromatic nitrogens is 2. The Labute approximate surface area is 210 Å². The number of nitrogens with one attached hydrogen (secondary N) is 1. The Balaban J connectivity index is 1.64. The average molecular weight is 502 g/mol. The van der Waals surface area contributed by atoms with E-state index >= 15 is 0 Å². The summed E-state index contributed by atoms with van der Waals surface area (Å²) in [4.78, 5) is 45.5. The number of amides is 3. The van der Waals surface area contributed by atoms with Crippen molar-refractivity contribution in [1.29, 1.82) is 0 Å². The minimum absolute atomic E-state index is 0.153. The van der Waals surface area contributed by atoms with Crippen LogP contribution in [0.2, 0.25) is 5.02 Å². The minimum atomic E-state index is -0.584. The number of carbonyl (C=O) groups is 3. The van der Waals surface area contributed by atoms with Gasteiger partial charge in [-0.25, -0.2) is 9.78 Å². The summed E-state index contributed by atoms with van der Waals surface area (Å²) in [5, 5.41) is 3.27. The molecule has 0 spiro atoms. The van der Waals surface area contributed by atoms with Gasteiger partial charge in [0.2, 0.25) is 5.91 Å². The molecule has 0 fully saturated rings. The quantitative estimate of drug-likeness (QED) is 0.587. The van der Waals surface area contributed by atoms with Crippen molar-refractivity contribution in [2.45, 2.75) is 52.8 Å². The second-order valence-corrected chi connectivity index (χ2v) is 9.76. The summed E-state index contributed by atoms with van der Waals surface area (Å²) in [7, 11) is 0. The van der Waals surface area contributed by atoms with E-state index in [2.05, 4.69) is 10.3 Å². The van der Waals surface area contributed by atoms with Crippen LogP contribution in [0.4, 0.5) is 10.5 Å². The Morgan fingerprint density at radius 1 is 1.29 bits per heavy atom. The third kappa shape index (κ3) is 6.63. The highest BCUT2D eigenvalue weighted by Crippen LogP contribution is 2.25. The first kappa shape index (κ1) is 26.3. The molecule has 1 aliphatic rings. The van der Waals surface area contributed by atoms with Gasteiger partial charge >= 0.3 is 6.09 Å². The fourth-order valence-corrected chi connectivity index (χ4v) is 3.96. The number of hydrogen-bond donors (Lipinski definition) is 1. The summed E-state index contributed by atoms with van der Waals surface area (Å²) in [5.74, 6) is 0.123. The predicted molar refractivity (Wildman–Crippen MR) is 134 cm³/mol. The highest BCUT2D eigenvalue weighted by atomic mass is 35.5. The molecule has 0 radical (unpaired) electrons. The third-order valence-electron chi connectivity index (χ3n) is 5.42. The molecular weight excluding hydrogens is 470 g/mol. The van der Waals surface area contributed by atoms with Gasteiger partial charge in [-0.15, -0.1) is 0 Å². The topological polar surface area (TPSA) is 96.8 Å². The molecule has 3 rings (SSSR count). The number of anilines is 1. The van der Waals surface area contributed by atoms with E-state index in [9.17, 15) is 14.4 Å². The van der Waals surface area contributed by atoms with Crippen molar-refractivity contribution >= 4 is 35.2 Å². The SMILES string of the molecule is CCN(C/C=C/C(=O)N1Cc2ncc(C(=O)Nc3ccccc3Cl)n2[C@H](C)C1)C(=O)OC(C)(C)C. The number of ether oxygens (including phenoxy) is 1. The van der Waals surface area contributed by atoms with Gasteiger partial charge in [-0.1, -0.05) is 29.8 Å². The van der Waals surface area contributed by atoms with E-state index in [4.69, 9.17) is 16.3 Å². The predicted octanol–water partition coefficient (Wildman–Crippen LogP) is 4.51. The molecule has 2 aromatic rings. The molecule has 10 heteroatoms. The van der Waals surface area contributed by atoms with Crippen molar-refractivity contribution in [3.63, 3.8) is 0 Å². The fraction of sp³-hybridized carbons (Fsp3) is 0.440. The number of fused-ring (bicyclic) bond motifs is 1. The average Bonchev–Trinajstić information content (AvgIpc) is 3.21. The lowest BCUT2D eigenvalue weighted by Crippen LogP contribution is -2.41. The van der Waals surface area contributed by atoms with Crippen LogP contribution in [0.25, 0.3) is 0 Å². The Morgan fingerprint density at radius 2 is 2.00 bits per heavy atom. The number of nitrogens with zero attached hydrogens (tertiary/aromatic N) is 4. The largest absolute Gasteiger partial charge is 0.444 e. The smallest absolute Gasteiger partial charge is 0.410 e. The van der Waals surface area contributed by atoms with Crippen LogP contribution in [0, 0.1) is 0 Å². The lowest BCUT2D eigenvalue weighted by atomic mass is 10.2. The number of benzene rings is 1. The van der Waals surface area contributed by atoms with Crippen LogP contribution in [0.5, 0.6) is 0 Å². The molecular formula is C25H32ClN5O4. The number of likely N-dealkylation sites (N-methyl/N-ethyl adjacent to an activating group) is 1. The normalized spacial score (nSPS) is 15.6. The van der Waals surface area contributed by atoms with Crippen LogP contribution < -0.4 is 5.32 Å². The third-order valence-corrected chi connectivity index (χ3v) is 5.75. The van der Waals surface area contributed by atoms with Crippen LogP contribution in [0.15, 0.2) is 42.6 Å². The van der Waals surface area contributed by atoms with E-state index in [1.807, 2.05) is 39.2 Å². The standard InChI is InChI=1S/C25H32ClN5O4/c1-6-29(24(34)35-25(3,4)5)13-9-12-22(32)30-15-17(2)31-20(14-27-21(31)16-30)23(33)28-19-11-8-7-10-18(19)26/h7-12,14,17H,6,13,15-16H2,1-5H3,(H,28,33)/b12-9+/t17-/m1/s1. The van der Waals surface area contributed by atoms with Crippen molar-refractivity contribution < 1.29 is 19.1 Å². The molecule has 9 nitrogen and oxygen atoms in total. The van der Waals surface area contributed by atoms with Crippen LogP contribution >= 0.6 is 11.6 Å². The van der Waals surface area contributed by atoms with Gasteiger partial charge in [0.1, 0.15) is 17.1 Å². The monoisotopic (exact) mass is 501 g/mol. The second kappa shape index (κ2) is 10.9. The van der Waals surface area contributed by atoms with Crippen molar-refractivity contribution in [3.8, 4) is 0 Å². The van der Waals surface area contributed by atoms with E-state index in [1.165, 1.54) is 17.2 Å². The maximum absolute atomic E-state index is 12.9. The molecule has 0 bridgehead atoms. The van der Waals surface area contributed by atoms with Gasteiger partial charge in [0, 0.05) is 25.7 Å². The zero-order valence-corrected chi connectivity index (χ0v) is 21.5. The zero-order valence-electron chi connectivity index (χ0n) is 20.7. The molecule has 35 heavy (non-hydrogen) atoms. The molecule has 1 atom stereocenters. The molecule has 3 amide bonds. The first-order valence-electron chi connectivity index (χ1n) is 11.6. The summed E-state index contributed by atoms with van der Waals surface area (Å²) in [6.45, 7) is 10.6. The number of para-hydroxylation sites is 1. The first-order valence-corrected chi connectivity index (χ1v) is 11.9. The Kier molecular flexibility index (Phi) is 8.22. The molecule has 0 saturated heterocycles. The molecule has 1 N–H and O–H groups in total. The number of carbonyl (C=O) groups excluding carboxylic acids is 3. The lowest BCUT2D eigenvalue weighted by Gasteiger charge is -2.32. The van der Waals surface area contributed by atoms with Crippen LogP contribution in [-0.2, 0) is 16.1 Å². The second-order valence-electron chi connectivity index (χ2n) is 9.35. The Bertz CT molecular complexity index is 1120. The summed E-state index contributed by atoms with van der Waals surface area (Å²) in [6.07, 6.45) is 4.21. The maximum atomic E-state index is 12.9.